The van der Waals surface area contributed by atoms with Crippen LogP contribution < -0.4 is 4.74 Å². The number of hydrogen-bond donors (Lipinski definition) is 4. The molecule has 0 unspecified atom stereocenters. The highest BCUT2D eigenvalue weighted by molar-refractivity contribution is 5.83. The molecule has 1 saturated heterocycles. The number of fused-ring (bicyclic) bond motifs is 1. The van der Waals surface area contributed by atoms with Crippen molar-refractivity contribution in [2.75, 3.05) is 13.2 Å². The maximum Gasteiger partial charge on any atom is 0.344 e. The van der Waals surface area contributed by atoms with E-state index < -0.39 is 43.3 Å². The van der Waals surface area contributed by atoms with Gasteiger partial charge in [0, 0.05) is 0 Å². The number of aliphatic hydroxyl groups is 4. The average molecular weight is 364 g/mol. The molecule has 8 heteroatoms. The van der Waals surface area contributed by atoms with Gasteiger partial charge in [-0.15, -0.1) is 0 Å². The van der Waals surface area contributed by atoms with Gasteiger partial charge >= 0.3 is 5.97 Å². The van der Waals surface area contributed by atoms with Crippen LogP contribution >= 0.6 is 0 Å². The average Bonchev–Trinajstić information content (AvgIpc) is 2.66. The van der Waals surface area contributed by atoms with Crippen molar-refractivity contribution in [3.05, 3.63) is 42.5 Å². The third kappa shape index (κ3) is 4.12. The van der Waals surface area contributed by atoms with Gasteiger partial charge in [0.15, 0.2) is 12.9 Å². The van der Waals surface area contributed by atoms with Gasteiger partial charge in [0.25, 0.3) is 0 Å². The van der Waals surface area contributed by atoms with Crippen molar-refractivity contribution in [3.8, 4) is 5.75 Å². The molecular formula is C18H20O8. The number of rotatable bonds is 5. The molecule has 0 saturated carbocycles. The predicted molar refractivity (Wildman–Crippen MR) is 89.3 cm³/mol. The van der Waals surface area contributed by atoms with E-state index in [1.807, 2.05) is 30.3 Å². The van der Waals surface area contributed by atoms with Crippen LogP contribution in [0.5, 0.6) is 5.75 Å². The lowest BCUT2D eigenvalue weighted by atomic mass is 9.99. The van der Waals surface area contributed by atoms with Crippen LogP contribution in [0.3, 0.4) is 0 Å². The standard InChI is InChI=1S/C18H20O8/c19-14(25-8-13-15(20)16(21)17(22)18(23)26-13)9-24-12-6-5-10-3-1-2-4-11(10)7-12/h1-7,13,15-18,20-23H,8-9H2/t13-,15-,16+,17-,18+/m1/s1. The summed E-state index contributed by atoms with van der Waals surface area (Å²) >= 11 is 0. The summed E-state index contributed by atoms with van der Waals surface area (Å²) in [5, 5.41) is 40.2. The summed E-state index contributed by atoms with van der Waals surface area (Å²) in [6, 6.07) is 13.1. The van der Waals surface area contributed by atoms with E-state index in [4.69, 9.17) is 14.2 Å². The first-order valence-electron chi connectivity index (χ1n) is 8.10. The molecule has 4 N–H and O–H groups in total. The van der Waals surface area contributed by atoms with E-state index in [0.29, 0.717) is 5.75 Å². The summed E-state index contributed by atoms with van der Waals surface area (Å²) in [6.07, 6.45) is -7.56. The largest absolute Gasteiger partial charge is 0.482 e. The van der Waals surface area contributed by atoms with Gasteiger partial charge in [0.1, 0.15) is 36.8 Å². The van der Waals surface area contributed by atoms with Gasteiger partial charge in [-0.1, -0.05) is 30.3 Å². The molecule has 8 nitrogen and oxygen atoms in total. The third-order valence-corrected chi connectivity index (χ3v) is 4.17. The number of hydrogen-bond acceptors (Lipinski definition) is 8. The molecule has 26 heavy (non-hydrogen) atoms. The summed E-state index contributed by atoms with van der Waals surface area (Å²) in [5.41, 5.74) is 0. The zero-order chi connectivity index (χ0) is 18.7. The van der Waals surface area contributed by atoms with Crippen molar-refractivity contribution in [1.29, 1.82) is 0 Å². The Morgan fingerprint density at radius 2 is 1.69 bits per heavy atom. The van der Waals surface area contributed by atoms with Crippen LogP contribution in [0, 0.1) is 0 Å². The zero-order valence-electron chi connectivity index (χ0n) is 13.8. The Morgan fingerprint density at radius 1 is 0.962 bits per heavy atom. The lowest BCUT2D eigenvalue weighted by Crippen LogP contribution is -2.58. The highest BCUT2D eigenvalue weighted by atomic mass is 16.7. The number of ether oxygens (including phenoxy) is 3. The highest BCUT2D eigenvalue weighted by Gasteiger charge is 2.43. The van der Waals surface area contributed by atoms with Crippen molar-refractivity contribution in [3.63, 3.8) is 0 Å². The number of carbonyl (C=O) groups excluding carboxylic acids is 1. The summed E-state index contributed by atoms with van der Waals surface area (Å²) < 4.78 is 15.2. The first kappa shape index (κ1) is 18.6. The van der Waals surface area contributed by atoms with Crippen molar-refractivity contribution in [2.45, 2.75) is 30.7 Å². The second-order valence-corrected chi connectivity index (χ2v) is 6.02. The molecule has 1 fully saturated rings. The van der Waals surface area contributed by atoms with Gasteiger partial charge in [0.05, 0.1) is 0 Å². The van der Waals surface area contributed by atoms with Crippen LogP contribution in [0.25, 0.3) is 10.8 Å². The lowest BCUT2D eigenvalue weighted by molar-refractivity contribution is -0.287. The number of carbonyl (C=O) groups is 1. The Morgan fingerprint density at radius 3 is 2.46 bits per heavy atom. The van der Waals surface area contributed by atoms with Crippen molar-refractivity contribution < 1.29 is 39.4 Å². The monoisotopic (exact) mass is 364 g/mol. The van der Waals surface area contributed by atoms with Crippen LogP contribution in [0.15, 0.2) is 42.5 Å². The molecule has 2 aromatic carbocycles. The minimum Gasteiger partial charge on any atom is -0.482 e. The number of benzene rings is 2. The van der Waals surface area contributed by atoms with E-state index in [9.17, 15) is 25.2 Å². The SMILES string of the molecule is O=C(COc1ccc2ccccc2c1)OC[C@H]1O[C@H](O)[C@H](O)[C@@H](O)[C@@H]1O. The second kappa shape index (κ2) is 7.98. The normalized spacial score (nSPS) is 28.7. The molecular weight excluding hydrogens is 344 g/mol. The van der Waals surface area contributed by atoms with E-state index in [1.165, 1.54) is 0 Å². The molecule has 1 aliphatic rings. The van der Waals surface area contributed by atoms with E-state index in [0.717, 1.165) is 10.8 Å². The first-order valence-corrected chi connectivity index (χ1v) is 8.10. The van der Waals surface area contributed by atoms with Gasteiger partial charge in [-0.05, 0) is 22.9 Å². The molecule has 0 aromatic heterocycles. The summed E-state index contributed by atoms with van der Waals surface area (Å²) in [5.74, 6) is -0.201. The van der Waals surface area contributed by atoms with Crippen LogP contribution in [0.4, 0.5) is 0 Å². The number of aliphatic hydroxyl groups excluding tert-OH is 4. The zero-order valence-corrected chi connectivity index (χ0v) is 13.8. The molecule has 0 amide bonds. The molecule has 0 spiro atoms. The molecule has 2 aromatic rings. The molecule has 3 rings (SSSR count). The fourth-order valence-corrected chi connectivity index (χ4v) is 2.68. The highest BCUT2D eigenvalue weighted by Crippen LogP contribution is 2.21. The molecule has 0 aliphatic carbocycles. The Hall–Kier alpha value is -2.23. The fraction of sp³-hybridized carbons (Fsp3) is 0.389. The molecule has 0 radical (unpaired) electrons. The second-order valence-electron chi connectivity index (χ2n) is 6.02. The van der Waals surface area contributed by atoms with Crippen LogP contribution in [-0.2, 0) is 14.3 Å². The van der Waals surface area contributed by atoms with Crippen molar-refractivity contribution >= 4 is 16.7 Å². The topological polar surface area (TPSA) is 126 Å². The number of esters is 1. The van der Waals surface area contributed by atoms with Gasteiger partial charge in [-0.2, -0.15) is 0 Å². The molecule has 5 atom stereocenters. The third-order valence-electron chi connectivity index (χ3n) is 4.17. The van der Waals surface area contributed by atoms with Crippen LogP contribution in [0.1, 0.15) is 0 Å². The minimum atomic E-state index is -1.68. The first-order chi connectivity index (χ1) is 12.5. The minimum absolute atomic E-state index is 0.352. The maximum absolute atomic E-state index is 11.8. The van der Waals surface area contributed by atoms with Crippen LogP contribution in [0.2, 0.25) is 0 Å². The van der Waals surface area contributed by atoms with Crippen LogP contribution in [-0.4, -0.2) is 70.3 Å². The van der Waals surface area contributed by atoms with E-state index in [2.05, 4.69) is 0 Å². The molecule has 1 aliphatic heterocycles. The van der Waals surface area contributed by atoms with Crippen molar-refractivity contribution in [2.24, 2.45) is 0 Å². The van der Waals surface area contributed by atoms with Gasteiger partial charge in [-0.3, -0.25) is 0 Å². The summed E-state index contributed by atoms with van der Waals surface area (Å²) in [4.78, 5) is 11.8. The fourth-order valence-electron chi connectivity index (χ4n) is 2.68. The molecule has 140 valence electrons. The molecule has 1 heterocycles. The van der Waals surface area contributed by atoms with Gasteiger partial charge < -0.3 is 34.6 Å². The lowest BCUT2D eigenvalue weighted by Gasteiger charge is -2.37. The van der Waals surface area contributed by atoms with E-state index >= 15 is 0 Å². The maximum atomic E-state index is 11.8. The Labute approximate surface area is 149 Å². The van der Waals surface area contributed by atoms with Gasteiger partial charge in [0.2, 0.25) is 0 Å². The van der Waals surface area contributed by atoms with Gasteiger partial charge in [-0.25, -0.2) is 4.79 Å². The summed E-state index contributed by atoms with van der Waals surface area (Å²) in [7, 11) is 0. The van der Waals surface area contributed by atoms with E-state index in [1.54, 1.807) is 12.1 Å². The quantitative estimate of drug-likeness (QED) is 0.526. The molecule has 0 bridgehead atoms. The predicted octanol–water partition coefficient (Wildman–Crippen LogP) is -0.438. The van der Waals surface area contributed by atoms with Crippen molar-refractivity contribution in [1.82, 2.24) is 0 Å². The Kier molecular flexibility index (Phi) is 5.70. The summed E-state index contributed by atoms with van der Waals surface area (Å²) in [6.45, 7) is -0.753. The smallest absolute Gasteiger partial charge is 0.344 e. The Balaban J connectivity index is 1.49. The Bertz CT molecular complexity index is 764. The van der Waals surface area contributed by atoms with E-state index in [-0.39, 0.29) is 6.61 Å².